The van der Waals surface area contributed by atoms with Gasteiger partial charge in [-0.1, -0.05) is 22.0 Å². The van der Waals surface area contributed by atoms with Gasteiger partial charge in [-0.05, 0) is 67.8 Å². The third-order valence-corrected chi connectivity index (χ3v) is 4.03. The second-order valence-electron chi connectivity index (χ2n) is 5.38. The summed E-state index contributed by atoms with van der Waals surface area (Å²) in [4.78, 5) is 23.9. The molecule has 2 aromatic rings. The zero-order chi connectivity index (χ0) is 17.0. The van der Waals surface area contributed by atoms with Crippen molar-refractivity contribution in [3.05, 3.63) is 63.1 Å². The number of amides is 1. The molecular weight excluding hydrogens is 358 g/mol. The zero-order valence-corrected chi connectivity index (χ0v) is 14.9. The Morgan fingerprint density at radius 3 is 2.39 bits per heavy atom. The number of carbonyl (C=O) groups is 2. The summed E-state index contributed by atoms with van der Waals surface area (Å²) in [5.41, 5.74) is 4.17. The van der Waals surface area contributed by atoms with E-state index in [-0.39, 0.29) is 12.5 Å². The average molecular weight is 376 g/mol. The van der Waals surface area contributed by atoms with Gasteiger partial charge in [-0.15, -0.1) is 0 Å². The van der Waals surface area contributed by atoms with Crippen LogP contribution in [0.4, 0.5) is 5.69 Å². The van der Waals surface area contributed by atoms with Crippen LogP contribution in [0.15, 0.2) is 40.9 Å². The van der Waals surface area contributed by atoms with Crippen LogP contribution in [0, 0.1) is 20.8 Å². The molecule has 0 aromatic heterocycles. The van der Waals surface area contributed by atoms with Crippen LogP contribution in [0.5, 0.6) is 0 Å². The van der Waals surface area contributed by atoms with Crippen molar-refractivity contribution in [1.29, 1.82) is 0 Å². The van der Waals surface area contributed by atoms with Crippen molar-refractivity contribution in [3.63, 3.8) is 0 Å². The molecule has 0 atom stereocenters. The highest BCUT2D eigenvalue weighted by molar-refractivity contribution is 9.10. The quantitative estimate of drug-likeness (QED) is 0.815. The van der Waals surface area contributed by atoms with E-state index in [0.717, 1.165) is 21.2 Å². The molecule has 0 fully saturated rings. The molecule has 2 aromatic carbocycles. The van der Waals surface area contributed by atoms with Crippen molar-refractivity contribution in [3.8, 4) is 0 Å². The minimum atomic E-state index is -0.504. The number of nitrogens with one attached hydrogen (secondary N) is 1. The van der Waals surface area contributed by atoms with E-state index in [1.807, 2.05) is 39.0 Å². The van der Waals surface area contributed by atoms with Crippen molar-refractivity contribution in [2.75, 3.05) is 11.9 Å². The molecule has 4 nitrogen and oxygen atoms in total. The Balaban J connectivity index is 1.93. The molecule has 120 valence electrons. The van der Waals surface area contributed by atoms with Crippen LogP contribution in [0.2, 0.25) is 0 Å². The van der Waals surface area contributed by atoms with Crippen molar-refractivity contribution >= 4 is 33.5 Å². The SMILES string of the molecule is Cc1ccc(C(=O)OCC(=O)Nc2ccc(Br)cc2C)cc1C. The molecule has 0 saturated carbocycles. The minimum Gasteiger partial charge on any atom is -0.452 e. The molecule has 1 N–H and O–H groups in total. The van der Waals surface area contributed by atoms with E-state index < -0.39 is 5.97 Å². The lowest BCUT2D eigenvalue weighted by Gasteiger charge is -2.10. The molecule has 0 aliphatic heterocycles. The van der Waals surface area contributed by atoms with Crippen molar-refractivity contribution in [1.82, 2.24) is 0 Å². The van der Waals surface area contributed by atoms with Gasteiger partial charge in [0.05, 0.1) is 5.56 Å². The van der Waals surface area contributed by atoms with E-state index in [4.69, 9.17) is 4.74 Å². The maximum Gasteiger partial charge on any atom is 0.338 e. The third kappa shape index (κ3) is 4.66. The number of aryl methyl sites for hydroxylation is 3. The van der Waals surface area contributed by atoms with Crippen LogP contribution in [0.25, 0.3) is 0 Å². The summed E-state index contributed by atoms with van der Waals surface area (Å²) in [7, 11) is 0. The standard InChI is InChI=1S/C18H18BrNO3/c1-11-4-5-14(8-12(11)2)18(22)23-10-17(21)20-16-7-6-15(19)9-13(16)3/h4-9H,10H2,1-3H3,(H,20,21). The van der Waals surface area contributed by atoms with E-state index in [0.29, 0.717) is 11.3 Å². The monoisotopic (exact) mass is 375 g/mol. The fraction of sp³-hybridized carbons (Fsp3) is 0.222. The van der Waals surface area contributed by atoms with Gasteiger partial charge in [-0.25, -0.2) is 4.79 Å². The predicted octanol–water partition coefficient (Wildman–Crippen LogP) is 4.17. The van der Waals surface area contributed by atoms with Gasteiger partial charge in [0.1, 0.15) is 0 Å². The second kappa shape index (κ2) is 7.42. The Morgan fingerprint density at radius 2 is 1.74 bits per heavy atom. The largest absolute Gasteiger partial charge is 0.452 e. The lowest BCUT2D eigenvalue weighted by molar-refractivity contribution is -0.119. The second-order valence-corrected chi connectivity index (χ2v) is 6.30. The number of esters is 1. The van der Waals surface area contributed by atoms with Crippen molar-refractivity contribution < 1.29 is 14.3 Å². The third-order valence-electron chi connectivity index (χ3n) is 3.54. The minimum absolute atomic E-state index is 0.318. The molecule has 0 aliphatic rings. The zero-order valence-electron chi connectivity index (χ0n) is 13.3. The summed E-state index contributed by atoms with van der Waals surface area (Å²) in [6.45, 7) is 5.47. The number of anilines is 1. The highest BCUT2D eigenvalue weighted by Gasteiger charge is 2.12. The predicted molar refractivity (Wildman–Crippen MR) is 93.7 cm³/mol. The fourth-order valence-corrected chi connectivity index (χ4v) is 2.51. The van der Waals surface area contributed by atoms with Crippen LogP contribution in [-0.4, -0.2) is 18.5 Å². The van der Waals surface area contributed by atoms with Crippen LogP contribution in [-0.2, 0) is 9.53 Å². The van der Waals surface area contributed by atoms with Gasteiger partial charge in [0, 0.05) is 10.2 Å². The first-order chi connectivity index (χ1) is 10.9. The number of carbonyl (C=O) groups excluding carboxylic acids is 2. The van der Waals surface area contributed by atoms with Crippen LogP contribution in [0.3, 0.4) is 0 Å². The molecule has 2 rings (SSSR count). The molecule has 0 heterocycles. The molecule has 0 radical (unpaired) electrons. The number of ether oxygens (including phenoxy) is 1. The Labute approximate surface area is 144 Å². The molecular formula is C18H18BrNO3. The number of rotatable bonds is 4. The Kier molecular flexibility index (Phi) is 5.55. The van der Waals surface area contributed by atoms with Crippen molar-refractivity contribution in [2.45, 2.75) is 20.8 Å². The molecule has 0 spiro atoms. The molecule has 5 heteroatoms. The first kappa shape index (κ1) is 17.2. The molecule has 23 heavy (non-hydrogen) atoms. The average Bonchev–Trinajstić information content (AvgIpc) is 2.50. The van der Waals surface area contributed by atoms with Crippen molar-refractivity contribution in [2.24, 2.45) is 0 Å². The number of halogens is 1. The Hall–Kier alpha value is -2.14. The highest BCUT2D eigenvalue weighted by atomic mass is 79.9. The summed E-state index contributed by atoms with van der Waals surface area (Å²) in [6, 6.07) is 10.8. The maximum atomic E-state index is 12.0. The molecule has 0 bridgehead atoms. The summed E-state index contributed by atoms with van der Waals surface area (Å²) in [6.07, 6.45) is 0. The Bertz CT molecular complexity index is 756. The first-order valence-electron chi connectivity index (χ1n) is 7.17. The molecule has 0 saturated heterocycles. The van der Waals surface area contributed by atoms with E-state index in [9.17, 15) is 9.59 Å². The molecule has 0 unspecified atom stereocenters. The van der Waals surface area contributed by atoms with Gasteiger partial charge in [0.25, 0.3) is 5.91 Å². The van der Waals surface area contributed by atoms with E-state index in [1.54, 1.807) is 18.2 Å². The highest BCUT2D eigenvalue weighted by Crippen LogP contribution is 2.20. The van der Waals surface area contributed by atoms with Crippen LogP contribution in [0.1, 0.15) is 27.0 Å². The van der Waals surface area contributed by atoms with Crippen LogP contribution >= 0.6 is 15.9 Å². The number of benzene rings is 2. The van der Waals surface area contributed by atoms with Gasteiger partial charge >= 0.3 is 5.97 Å². The normalized spacial score (nSPS) is 10.3. The van der Waals surface area contributed by atoms with E-state index in [1.165, 1.54) is 0 Å². The van der Waals surface area contributed by atoms with Crippen LogP contribution < -0.4 is 5.32 Å². The lowest BCUT2D eigenvalue weighted by atomic mass is 10.1. The summed E-state index contributed by atoms with van der Waals surface area (Å²) >= 11 is 3.37. The van der Waals surface area contributed by atoms with Gasteiger partial charge in [-0.2, -0.15) is 0 Å². The summed E-state index contributed by atoms with van der Waals surface area (Å²) < 4.78 is 6.00. The topological polar surface area (TPSA) is 55.4 Å². The van der Waals surface area contributed by atoms with E-state index >= 15 is 0 Å². The Morgan fingerprint density at radius 1 is 1.00 bits per heavy atom. The van der Waals surface area contributed by atoms with Gasteiger partial charge < -0.3 is 10.1 Å². The van der Waals surface area contributed by atoms with E-state index in [2.05, 4.69) is 21.2 Å². The molecule has 0 aliphatic carbocycles. The summed E-state index contributed by atoms with van der Waals surface area (Å²) in [5.74, 6) is -0.872. The number of hydrogen-bond acceptors (Lipinski definition) is 3. The van der Waals surface area contributed by atoms with Gasteiger partial charge in [0.15, 0.2) is 6.61 Å². The number of hydrogen-bond donors (Lipinski definition) is 1. The smallest absolute Gasteiger partial charge is 0.338 e. The summed E-state index contributed by atoms with van der Waals surface area (Å²) in [5, 5.41) is 2.73. The van der Waals surface area contributed by atoms with Gasteiger partial charge in [-0.3, -0.25) is 4.79 Å². The fourth-order valence-electron chi connectivity index (χ4n) is 2.04. The lowest BCUT2D eigenvalue weighted by Crippen LogP contribution is -2.21. The molecule has 1 amide bonds. The maximum absolute atomic E-state index is 12.0. The van der Waals surface area contributed by atoms with Gasteiger partial charge in [0.2, 0.25) is 0 Å². The first-order valence-corrected chi connectivity index (χ1v) is 7.96.